The minimum atomic E-state index is -0.491. The van der Waals surface area contributed by atoms with Crippen LogP contribution in [0.25, 0.3) is 11.0 Å². The number of esters is 1. The van der Waals surface area contributed by atoms with Crippen LogP contribution in [-0.2, 0) is 9.47 Å². The maximum absolute atomic E-state index is 12.7. The highest BCUT2D eigenvalue weighted by Gasteiger charge is 2.20. The molecule has 0 atom stereocenters. The number of hydrogen-bond donors (Lipinski definition) is 1. The van der Waals surface area contributed by atoms with Gasteiger partial charge in [0, 0.05) is 24.5 Å². The summed E-state index contributed by atoms with van der Waals surface area (Å²) in [6, 6.07) is 12.0. The predicted octanol–water partition coefficient (Wildman–Crippen LogP) is 4.39. The summed E-state index contributed by atoms with van der Waals surface area (Å²) in [5, 5.41) is 3.27. The average Bonchev–Trinajstić information content (AvgIpc) is 2.75. The van der Waals surface area contributed by atoms with Crippen molar-refractivity contribution in [2.75, 3.05) is 36.5 Å². The number of carbonyl (C=O) groups is 1. The molecule has 1 aliphatic heterocycles. The minimum absolute atomic E-state index is 0.182. The van der Waals surface area contributed by atoms with E-state index in [4.69, 9.17) is 14.5 Å². The second kappa shape index (κ2) is 8.89. The Morgan fingerprint density at radius 3 is 2.26 bits per heavy atom. The van der Waals surface area contributed by atoms with Gasteiger partial charge in [0.05, 0.1) is 30.4 Å². The Bertz CT molecular complexity index is 1090. The Morgan fingerprint density at radius 2 is 1.65 bits per heavy atom. The standard InChI is InChI=1S/C24H28N4O3/c1-15(2)31-24(29)22-23(27-21-14-17(4)16(3)13-20(21)26-22)25-18-5-7-19(8-6-18)28-9-11-30-12-10-28/h5-8,13-15H,9-12H2,1-4H3,(H,25,27). The van der Waals surface area contributed by atoms with Crippen molar-refractivity contribution < 1.29 is 14.3 Å². The number of benzene rings is 2. The normalized spacial score (nSPS) is 14.2. The molecule has 1 N–H and O–H groups in total. The molecule has 162 valence electrons. The Morgan fingerprint density at radius 1 is 1.03 bits per heavy atom. The van der Waals surface area contributed by atoms with Crippen LogP contribution in [0.3, 0.4) is 0 Å². The first-order valence-corrected chi connectivity index (χ1v) is 10.6. The third-order valence-electron chi connectivity index (χ3n) is 5.32. The number of hydrogen-bond acceptors (Lipinski definition) is 7. The fourth-order valence-corrected chi connectivity index (χ4v) is 3.52. The molecule has 1 saturated heterocycles. The van der Waals surface area contributed by atoms with E-state index in [9.17, 15) is 4.79 Å². The van der Waals surface area contributed by atoms with Crippen molar-refractivity contribution >= 4 is 34.2 Å². The molecule has 0 spiro atoms. The van der Waals surface area contributed by atoms with Gasteiger partial charge >= 0.3 is 5.97 Å². The van der Waals surface area contributed by atoms with E-state index < -0.39 is 5.97 Å². The lowest BCUT2D eigenvalue weighted by molar-refractivity contribution is 0.0372. The molecule has 4 rings (SSSR count). The molecule has 0 amide bonds. The maximum atomic E-state index is 12.7. The first kappa shape index (κ1) is 21.1. The molecule has 2 heterocycles. The Hall–Kier alpha value is -3.19. The molecule has 0 saturated carbocycles. The monoisotopic (exact) mass is 420 g/mol. The van der Waals surface area contributed by atoms with Crippen molar-refractivity contribution in [3.8, 4) is 0 Å². The molecule has 3 aromatic rings. The van der Waals surface area contributed by atoms with Crippen molar-refractivity contribution in [3.05, 3.63) is 53.2 Å². The predicted molar refractivity (Wildman–Crippen MR) is 122 cm³/mol. The van der Waals surface area contributed by atoms with Crippen molar-refractivity contribution in [1.29, 1.82) is 0 Å². The van der Waals surface area contributed by atoms with Gasteiger partial charge in [-0.25, -0.2) is 14.8 Å². The molecule has 0 bridgehead atoms. The van der Waals surface area contributed by atoms with Gasteiger partial charge in [-0.05, 0) is 75.2 Å². The SMILES string of the molecule is Cc1cc2nc(Nc3ccc(N4CCOCC4)cc3)c(C(=O)OC(C)C)nc2cc1C. The summed E-state index contributed by atoms with van der Waals surface area (Å²) in [4.78, 5) is 24.3. The van der Waals surface area contributed by atoms with Crippen LogP contribution in [-0.4, -0.2) is 48.3 Å². The van der Waals surface area contributed by atoms with Gasteiger partial charge in [0.15, 0.2) is 11.5 Å². The van der Waals surface area contributed by atoms with Crippen LogP contribution in [0.2, 0.25) is 0 Å². The van der Waals surface area contributed by atoms with Crippen LogP contribution in [0.1, 0.15) is 35.5 Å². The average molecular weight is 421 g/mol. The number of ether oxygens (including phenoxy) is 2. The smallest absolute Gasteiger partial charge is 0.361 e. The Balaban J connectivity index is 1.67. The fourth-order valence-electron chi connectivity index (χ4n) is 3.52. The van der Waals surface area contributed by atoms with Crippen molar-refractivity contribution in [3.63, 3.8) is 0 Å². The largest absolute Gasteiger partial charge is 0.458 e. The molecule has 1 aliphatic rings. The van der Waals surface area contributed by atoms with E-state index in [1.54, 1.807) is 0 Å². The van der Waals surface area contributed by atoms with Crippen LogP contribution in [0.15, 0.2) is 36.4 Å². The van der Waals surface area contributed by atoms with E-state index >= 15 is 0 Å². The highest BCUT2D eigenvalue weighted by molar-refractivity contribution is 5.96. The number of morpholine rings is 1. The number of anilines is 3. The third-order valence-corrected chi connectivity index (χ3v) is 5.32. The fraction of sp³-hybridized carbons (Fsp3) is 0.375. The zero-order chi connectivity index (χ0) is 22.0. The van der Waals surface area contributed by atoms with Crippen molar-refractivity contribution in [1.82, 2.24) is 9.97 Å². The molecule has 0 aliphatic carbocycles. The highest BCUT2D eigenvalue weighted by Crippen LogP contribution is 2.26. The third kappa shape index (κ3) is 4.77. The van der Waals surface area contributed by atoms with Crippen LogP contribution in [0.4, 0.5) is 17.2 Å². The van der Waals surface area contributed by atoms with Crippen LogP contribution in [0.5, 0.6) is 0 Å². The van der Waals surface area contributed by atoms with Gasteiger partial charge in [-0.3, -0.25) is 0 Å². The van der Waals surface area contributed by atoms with Gasteiger partial charge in [0.2, 0.25) is 0 Å². The van der Waals surface area contributed by atoms with E-state index in [0.29, 0.717) is 11.3 Å². The van der Waals surface area contributed by atoms with E-state index in [2.05, 4.69) is 27.3 Å². The maximum Gasteiger partial charge on any atom is 0.361 e. The van der Waals surface area contributed by atoms with Crippen molar-refractivity contribution in [2.45, 2.75) is 33.8 Å². The topological polar surface area (TPSA) is 76.6 Å². The van der Waals surface area contributed by atoms with Gasteiger partial charge in [-0.1, -0.05) is 0 Å². The van der Waals surface area contributed by atoms with E-state index in [-0.39, 0.29) is 11.8 Å². The number of rotatable bonds is 5. The number of aryl methyl sites for hydroxylation is 2. The second-order valence-electron chi connectivity index (χ2n) is 8.07. The molecular formula is C24H28N4O3. The number of carbonyl (C=O) groups excluding carboxylic acids is 1. The molecule has 1 fully saturated rings. The van der Waals surface area contributed by atoms with Gasteiger partial charge in [-0.2, -0.15) is 0 Å². The van der Waals surface area contributed by atoms with Crippen molar-refractivity contribution in [2.24, 2.45) is 0 Å². The summed E-state index contributed by atoms with van der Waals surface area (Å²) in [5.74, 6) is -0.101. The van der Waals surface area contributed by atoms with Gasteiger partial charge < -0.3 is 19.7 Å². The summed E-state index contributed by atoms with van der Waals surface area (Å²) in [5.41, 5.74) is 5.78. The Labute approximate surface area is 182 Å². The van der Waals surface area contributed by atoms with E-state index in [1.165, 1.54) is 0 Å². The molecule has 31 heavy (non-hydrogen) atoms. The number of nitrogens with zero attached hydrogens (tertiary/aromatic N) is 3. The van der Waals surface area contributed by atoms with Crippen LogP contribution < -0.4 is 10.2 Å². The lowest BCUT2D eigenvalue weighted by Crippen LogP contribution is -2.36. The summed E-state index contributed by atoms with van der Waals surface area (Å²) in [6.07, 6.45) is -0.245. The lowest BCUT2D eigenvalue weighted by Gasteiger charge is -2.28. The lowest BCUT2D eigenvalue weighted by atomic mass is 10.1. The molecule has 0 radical (unpaired) electrons. The number of aromatic nitrogens is 2. The van der Waals surface area contributed by atoms with Gasteiger partial charge in [0.1, 0.15) is 0 Å². The zero-order valence-electron chi connectivity index (χ0n) is 18.4. The van der Waals surface area contributed by atoms with Crippen LogP contribution >= 0.6 is 0 Å². The second-order valence-corrected chi connectivity index (χ2v) is 8.07. The Kier molecular flexibility index (Phi) is 6.04. The number of fused-ring (bicyclic) bond motifs is 1. The first-order chi connectivity index (χ1) is 14.9. The molecule has 0 unspecified atom stereocenters. The zero-order valence-corrected chi connectivity index (χ0v) is 18.4. The van der Waals surface area contributed by atoms with Crippen LogP contribution in [0, 0.1) is 13.8 Å². The van der Waals surface area contributed by atoms with Gasteiger partial charge in [0.25, 0.3) is 0 Å². The van der Waals surface area contributed by atoms with Gasteiger partial charge in [-0.15, -0.1) is 0 Å². The summed E-state index contributed by atoms with van der Waals surface area (Å²) < 4.78 is 10.8. The molecule has 7 nitrogen and oxygen atoms in total. The quantitative estimate of drug-likeness (QED) is 0.613. The summed E-state index contributed by atoms with van der Waals surface area (Å²) >= 11 is 0. The minimum Gasteiger partial charge on any atom is -0.458 e. The summed E-state index contributed by atoms with van der Waals surface area (Å²) in [6.45, 7) is 10.9. The summed E-state index contributed by atoms with van der Waals surface area (Å²) in [7, 11) is 0. The van der Waals surface area contributed by atoms with E-state index in [1.807, 2.05) is 52.0 Å². The van der Waals surface area contributed by atoms with E-state index in [0.717, 1.165) is 54.3 Å². The molecule has 2 aromatic carbocycles. The molecular weight excluding hydrogens is 392 g/mol. The highest BCUT2D eigenvalue weighted by atomic mass is 16.5. The molecule has 7 heteroatoms. The molecule has 1 aromatic heterocycles. The first-order valence-electron chi connectivity index (χ1n) is 10.6. The number of nitrogens with one attached hydrogen (secondary N) is 1.